The first kappa shape index (κ1) is 21.2. The van der Waals surface area contributed by atoms with Crippen LogP contribution in [0.1, 0.15) is 0 Å². The Balaban J connectivity index is 1.96. The minimum absolute atomic E-state index is 0.121. The van der Waals surface area contributed by atoms with E-state index < -0.39 is 41.4 Å². The molecular formula is C18H14FN3O6S2. The summed E-state index contributed by atoms with van der Waals surface area (Å²) < 4.78 is 68.0. The molecule has 156 valence electrons. The van der Waals surface area contributed by atoms with Crippen molar-refractivity contribution < 1.29 is 26.1 Å². The zero-order valence-corrected chi connectivity index (χ0v) is 16.7. The Hall–Kier alpha value is -3.51. The number of sulfonamides is 2. The molecule has 0 heterocycles. The van der Waals surface area contributed by atoms with Gasteiger partial charge in [-0.15, -0.1) is 0 Å². The summed E-state index contributed by atoms with van der Waals surface area (Å²) in [5, 5.41) is 11.2. The van der Waals surface area contributed by atoms with Gasteiger partial charge in [-0.3, -0.25) is 19.6 Å². The van der Waals surface area contributed by atoms with E-state index in [9.17, 15) is 31.3 Å². The van der Waals surface area contributed by atoms with E-state index in [1.807, 2.05) is 0 Å². The lowest BCUT2D eigenvalue weighted by molar-refractivity contribution is -0.387. The second-order valence-corrected chi connectivity index (χ2v) is 9.27. The number of halogens is 1. The highest BCUT2D eigenvalue weighted by Crippen LogP contribution is 2.29. The third-order valence-electron chi connectivity index (χ3n) is 3.89. The van der Waals surface area contributed by atoms with Gasteiger partial charge in [0.2, 0.25) is 0 Å². The number of nitrogens with one attached hydrogen (secondary N) is 2. The smallest absolute Gasteiger partial charge is 0.277 e. The quantitative estimate of drug-likeness (QED) is 0.418. The first-order valence-corrected chi connectivity index (χ1v) is 11.2. The SMILES string of the molecule is O=[N+]([O-])c1ccccc1S(=O)(=O)Nc1ccccc1NS(=O)(=O)c1ccc(F)cc1. The number of para-hydroxylation sites is 3. The van der Waals surface area contributed by atoms with Crippen LogP contribution in [0.15, 0.2) is 82.6 Å². The molecule has 0 aliphatic carbocycles. The molecule has 0 fully saturated rings. The van der Waals surface area contributed by atoms with Gasteiger partial charge < -0.3 is 0 Å². The van der Waals surface area contributed by atoms with E-state index in [-0.39, 0.29) is 16.3 Å². The predicted octanol–water partition coefficient (Wildman–Crippen LogP) is 3.34. The second-order valence-electron chi connectivity index (χ2n) is 5.94. The van der Waals surface area contributed by atoms with E-state index in [1.54, 1.807) is 0 Å². The molecule has 3 aromatic carbocycles. The van der Waals surface area contributed by atoms with E-state index >= 15 is 0 Å². The second kappa shape index (κ2) is 8.08. The lowest BCUT2D eigenvalue weighted by Crippen LogP contribution is -2.18. The van der Waals surface area contributed by atoms with Crippen molar-refractivity contribution in [1.29, 1.82) is 0 Å². The van der Waals surface area contributed by atoms with Crippen LogP contribution in [-0.2, 0) is 20.0 Å². The topological polar surface area (TPSA) is 135 Å². The molecule has 0 radical (unpaired) electrons. The van der Waals surface area contributed by atoms with E-state index in [4.69, 9.17) is 0 Å². The van der Waals surface area contributed by atoms with Crippen molar-refractivity contribution in [2.45, 2.75) is 9.79 Å². The number of nitro groups is 1. The molecule has 0 amide bonds. The molecule has 0 bridgehead atoms. The number of anilines is 2. The largest absolute Gasteiger partial charge is 0.289 e. The number of nitrogens with zero attached hydrogens (tertiary/aromatic N) is 1. The molecule has 0 aliphatic heterocycles. The molecule has 2 N–H and O–H groups in total. The Morgan fingerprint density at radius 2 is 1.23 bits per heavy atom. The molecule has 9 nitrogen and oxygen atoms in total. The summed E-state index contributed by atoms with van der Waals surface area (Å²) >= 11 is 0. The Labute approximate surface area is 171 Å². The number of rotatable bonds is 7. The minimum atomic E-state index is -4.41. The zero-order chi connectivity index (χ0) is 21.9. The van der Waals surface area contributed by atoms with Gasteiger partial charge in [-0.1, -0.05) is 24.3 Å². The molecular weight excluding hydrogens is 437 g/mol. The number of nitro benzene ring substituents is 1. The molecule has 3 aromatic rings. The Kier molecular flexibility index (Phi) is 5.71. The fourth-order valence-corrected chi connectivity index (χ4v) is 4.85. The standard InChI is InChI=1S/C18H14FN3O6S2/c19-13-9-11-14(12-10-13)29(25,26)20-15-5-1-2-6-16(15)21-30(27,28)18-8-4-3-7-17(18)22(23)24/h1-12,20-21H. The summed E-state index contributed by atoms with van der Waals surface area (Å²) in [5.74, 6) is -0.619. The van der Waals surface area contributed by atoms with Crippen LogP contribution in [-0.4, -0.2) is 21.8 Å². The van der Waals surface area contributed by atoms with Gasteiger partial charge in [0.25, 0.3) is 25.7 Å². The van der Waals surface area contributed by atoms with Crippen molar-refractivity contribution in [3.05, 3.63) is 88.7 Å². The van der Waals surface area contributed by atoms with Crippen LogP contribution in [0.5, 0.6) is 0 Å². The Bertz CT molecular complexity index is 1310. The monoisotopic (exact) mass is 451 g/mol. The summed E-state index contributed by atoms with van der Waals surface area (Å²) in [4.78, 5) is 9.50. The lowest BCUT2D eigenvalue weighted by atomic mass is 10.3. The van der Waals surface area contributed by atoms with Crippen LogP contribution in [0, 0.1) is 15.9 Å². The molecule has 30 heavy (non-hydrogen) atoms. The number of benzene rings is 3. The maximum absolute atomic E-state index is 13.1. The van der Waals surface area contributed by atoms with Crippen molar-refractivity contribution in [2.24, 2.45) is 0 Å². The normalized spacial score (nSPS) is 11.6. The molecule has 0 aliphatic rings. The third kappa shape index (κ3) is 4.55. The van der Waals surface area contributed by atoms with Crippen LogP contribution < -0.4 is 9.44 Å². The highest BCUT2D eigenvalue weighted by atomic mass is 32.2. The van der Waals surface area contributed by atoms with E-state index in [2.05, 4.69) is 9.44 Å². The molecule has 0 spiro atoms. The summed E-state index contributed by atoms with van der Waals surface area (Å²) in [6, 6.07) is 14.3. The first-order chi connectivity index (χ1) is 14.1. The lowest BCUT2D eigenvalue weighted by Gasteiger charge is -2.14. The molecule has 3 rings (SSSR count). The van der Waals surface area contributed by atoms with Gasteiger partial charge in [-0.25, -0.2) is 21.2 Å². The number of hydrogen-bond acceptors (Lipinski definition) is 6. The molecule has 0 atom stereocenters. The molecule has 0 saturated carbocycles. The summed E-state index contributed by atoms with van der Waals surface area (Å²) in [6.07, 6.45) is 0. The van der Waals surface area contributed by atoms with Gasteiger partial charge in [-0.05, 0) is 42.5 Å². The third-order valence-corrected chi connectivity index (χ3v) is 6.69. The van der Waals surface area contributed by atoms with Gasteiger partial charge in [0.15, 0.2) is 4.90 Å². The van der Waals surface area contributed by atoms with E-state index in [0.717, 1.165) is 36.4 Å². The summed E-state index contributed by atoms with van der Waals surface area (Å²) in [7, 11) is -8.57. The maximum Gasteiger partial charge on any atom is 0.289 e. The van der Waals surface area contributed by atoms with Crippen LogP contribution in [0.2, 0.25) is 0 Å². The van der Waals surface area contributed by atoms with Gasteiger partial charge in [0.05, 0.1) is 21.2 Å². The highest BCUT2D eigenvalue weighted by Gasteiger charge is 2.26. The average Bonchev–Trinajstić information content (AvgIpc) is 2.69. The fourth-order valence-electron chi connectivity index (χ4n) is 2.51. The maximum atomic E-state index is 13.1. The highest BCUT2D eigenvalue weighted by molar-refractivity contribution is 7.93. The Morgan fingerprint density at radius 3 is 1.80 bits per heavy atom. The summed E-state index contributed by atoms with van der Waals surface area (Å²) in [6.45, 7) is 0. The molecule has 0 unspecified atom stereocenters. The van der Waals surface area contributed by atoms with Crippen molar-refractivity contribution in [3.63, 3.8) is 0 Å². The van der Waals surface area contributed by atoms with Gasteiger partial charge in [0, 0.05) is 6.07 Å². The van der Waals surface area contributed by atoms with Crippen LogP contribution in [0.4, 0.5) is 21.5 Å². The van der Waals surface area contributed by atoms with E-state index in [1.165, 1.54) is 36.4 Å². The van der Waals surface area contributed by atoms with Crippen LogP contribution in [0.25, 0.3) is 0 Å². The predicted molar refractivity (Wildman–Crippen MR) is 108 cm³/mol. The van der Waals surface area contributed by atoms with Crippen molar-refractivity contribution in [2.75, 3.05) is 9.44 Å². The molecule has 0 aromatic heterocycles. The van der Waals surface area contributed by atoms with Crippen molar-refractivity contribution >= 4 is 37.1 Å². The van der Waals surface area contributed by atoms with Gasteiger partial charge in [0.1, 0.15) is 5.82 Å². The summed E-state index contributed by atoms with van der Waals surface area (Å²) in [5.41, 5.74) is -0.903. The van der Waals surface area contributed by atoms with Crippen LogP contribution in [0.3, 0.4) is 0 Å². The number of hydrogen-bond donors (Lipinski definition) is 2. The van der Waals surface area contributed by atoms with Crippen molar-refractivity contribution in [3.8, 4) is 0 Å². The van der Waals surface area contributed by atoms with E-state index in [0.29, 0.717) is 0 Å². The first-order valence-electron chi connectivity index (χ1n) is 8.24. The molecule has 12 heteroatoms. The fraction of sp³-hybridized carbons (Fsp3) is 0. The van der Waals surface area contributed by atoms with Gasteiger partial charge in [-0.2, -0.15) is 0 Å². The minimum Gasteiger partial charge on any atom is -0.277 e. The average molecular weight is 451 g/mol. The van der Waals surface area contributed by atoms with Crippen molar-refractivity contribution in [1.82, 2.24) is 0 Å². The molecule has 0 saturated heterocycles. The van der Waals surface area contributed by atoms with Gasteiger partial charge >= 0.3 is 0 Å². The Morgan fingerprint density at radius 1 is 0.733 bits per heavy atom. The zero-order valence-electron chi connectivity index (χ0n) is 15.0. The van der Waals surface area contributed by atoms with Crippen LogP contribution >= 0.6 is 0 Å².